The summed E-state index contributed by atoms with van der Waals surface area (Å²) in [5.74, 6) is 0.444. The highest BCUT2D eigenvalue weighted by atomic mass is 32.2. The van der Waals surface area contributed by atoms with Gasteiger partial charge in [0.2, 0.25) is 0 Å². The number of thioether (sulfide) groups is 1. The maximum absolute atomic E-state index is 11.8. The first-order valence-electron chi connectivity index (χ1n) is 5.49. The number of amides is 1. The number of carbonyl (C=O) groups excluding carboxylic acids is 1. The van der Waals surface area contributed by atoms with Gasteiger partial charge in [0.1, 0.15) is 0 Å². The molecule has 17 heavy (non-hydrogen) atoms. The minimum Gasteiger partial charge on any atom is -0.395 e. The molecule has 1 fully saturated rings. The van der Waals surface area contributed by atoms with Crippen molar-refractivity contribution in [2.75, 3.05) is 12.4 Å². The Hall–Kier alpha value is -1.04. The van der Waals surface area contributed by atoms with Crippen molar-refractivity contribution in [3.63, 3.8) is 0 Å². The molecule has 1 aliphatic rings. The van der Waals surface area contributed by atoms with Gasteiger partial charge in [-0.3, -0.25) is 4.79 Å². The van der Waals surface area contributed by atoms with E-state index in [2.05, 4.69) is 5.32 Å². The second-order valence-electron chi connectivity index (χ2n) is 3.99. The zero-order chi connectivity index (χ0) is 12.3. The summed E-state index contributed by atoms with van der Waals surface area (Å²) in [6.07, 6.45) is -0.683. The van der Waals surface area contributed by atoms with Crippen LogP contribution in [0.1, 0.15) is 10.4 Å². The van der Waals surface area contributed by atoms with Gasteiger partial charge < -0.3 is 15.5 Å². The Morgan fingerprint density at radius 3 is 2.71 bits per heavy atom. The minimum atomic E-state index is -0.683. The zero-order valence-corrected chi connectivity index (χ0v) is 10.1. The fourth-order valence-electron chi connectivity index (χ4n) is 1.81. The number of rotatable bonds is 3. The van der Waals surface area contributed by atoms with E-state index in [0.29, 0.717) is 11.3 Å². The number of benzene rings is 1. The second-order valence-corrected chi connectivity index (χ2v) is 5.26. The summed E-state index contributed by atoms with van der Waals surface area (Å²) in [5, 5.41) is 21.5. The molecule has 92 valence electrons. The lowest BCUT2D eigenvalue weighted by atomic mass is 10.1. The Morgan fingerprint density at radius 1 is 1.41 bits per heavy atom. The van der Waals surface area contributed by atoms with Crippen LogP contribution in [0, 0.1) is 0 Å². The smallest absolute Gasteiger partial charge is 0.251 e. The molecule has 1 aliphatic heterocycles. The molecular formula is C12H15NO3S. The number of carbonyl (C=O) groups is 1. The van der Waals surface area contributed by atoms with E-state index in [0.717, 1.165) is 0 Å². The molecule has 0 radical (unpaired) electrons. The van der Waals surface area contributed by atoms with Crippen molar-refractivity contribution < 1.29 is 15.0 Å². The van der Waals surface area contributed by atoms with E-state index in [1.54, 1.807) is 24.3 Å². The molecule has 0 aromatic heterocycles. The Labute approximate surface area is 104 Å². The molecule has 1 aromatic carbocycles. The third kappa shape index (κ3) is 2.80. The van der Waals surface area contributed by atoms with E-state index >= 15 is 0 Å². The average Bonchev–Trinajstić information content (AvgIpc) is 2.71. The quantitative estimate of drug-likeness (QED) is 0.722. The van der Waals surface area contributed by atoms with Crippen LogP contribution in [0.15, 0.2) is 30.3 Å². The van der Waals surface area contributed by atoms with Crippen LogP contribution in [0.5, 0.6) is 0 Å². The number of nitrogens with one attached hydrogen (secondary N) is 1. The van der Waals surface area contributed by atoms with Gasteiger partial charge in [-0.2, -0.15) is 11.8 Å². The van der Waals surface area contributed by atoms with Crippen LogP contribution < -0.4 is 5.32 Å². The molecule has 0 unspecified atom stereocenters. The Kier molecular flexibility index (Phi) is 4.04. The minimum absolute atomic E-state index is 0.0659. The number of hydrogen-bond acceptors (Lipinski definition) is 4. The summed E-state index contributed by atoms with van der Waals surface area (Å²) in [4.78, 5) is 11.8. The summed E-state index contributed by atoms with van der Waals surface area (Å²) >= 11 is 1.48. The second kappa shape index (κ2) is 5.53. The molecule has 0 saturated carbocycles. The molecule has 1 saturated heterocycles. The average molecular weight is 253 g/mol. The van der Waals surface area contributed by atoms with E-state index in [9.17, 15) is 9.90 Å². The zero-order valence-electron chi connectivity index (χ0n) is 9.24. The van der Waals surface area contributed by atoms with Gasteiger partial charge in [-0.25, -0.2) is 0 Å². The third-order valence-corrected chi connectivity index (χ3v) is 4.22. The van der Waals surface area contributed by atoms with Crippen molar-refractivity contribution in [2.24, 2.45) is 0 Å². The molecule has 0 aliphatic carbocycles. The van der Waals surface area contributed by atoms with Crippen molar-refractivity contribution >= 4 is 17.7 Å². The molecule has 1 heterocycles. The molecule has 5 heteroatoms. The summed E-state index contributed by atoms with van der Waals surface area (Å²) in [6.45, 7) is -0.0659. The van der Waals surface area contributed by atoms with Crippen LogP contribution in [0.3, 0.4) is 0 Å². The topological polar surface area (TPSA) is 69.6 Å². The van der Waals surface area contributed by atoms with Gasteiger partial charge in [0.25, 0.3) is 5.91 Å². The van der Waals surface area contributed by atoms with Gasteiger partial charge in [-0.1, -0.05) is 18.2 Å². The lowest BCUT2D eigenvalue weighted by Gasteiger charge is -2.18. The summed E-state index contributed by atoms with van der Waals surface area (Å²) in [6, 6.07) is 8.61. The molecule has 4 nitrogen and oxygen atoms in total. The Balaban J connectivity index is 1.96. The predicted molar refractivity (Wildman–Crippen MR) is 67.0 cm³/mol. The number of hydrogen-bond donors (Lipinski definition) is 3. The van der Waals surface area contributed by atoms with Crippen LogP contribution in [0.2, 0.25) is 0 Å². The van der Waals surface area contributed by atoms with Gasteiger partial charge in [0.15, 0.2) is 0 Å². The molecule has 0 bridgehead atoms. The van der Waals surface area contributed by atoms with Crippen molar-refractivity contribution in [1.29, 1.82) is 0 Å². The standard InChI is InChI=1S/C12H15NO3S/c14-6-10-11(15)9(7-17-10)13-12(16)8-4-2-1-3-5-8/h1-5,9-11,14-15H,6-7H2,(H,13,16)/t9-,10+,11-/m1/s1. The van der Waals surface area contributed by atoms with Gasteiger partial charge in [0.05, 0.1) is 24.0 Å². The van der Waals surface area contributed by atoms with E-state index in [-0.39, 0.29) is 23.8 Å². The fraction of sp³-hybridized carbons (Fsp3) is 0.417. The summed E-state index contributed by atoms with van der Waals surface area (Å²) < 4.78 is 0. The highest BCUT2D eigenvalue weighted by molar-refractivity contribution is 8.00. The maximum atomic E-state index is 11.8. The van der Waals surface area contributed by atoms with Crippen molar-refractivity contribution in [3.8, 4) is 0 Å². The predicted octanol–water partition coefficient (Wildman–Crippen LogP) is 0.254. The van der Waals surface area contributed by atoms with Crippen LogP contribution in [-0.4, -0.2) is 45.9 Å². The largest absolute Gasteiger partial charge is 0.395 e. The first-order chi connectivity index (χ1) is 8.22. The van der Waals surface area contributed by atoms with Gasteiger partial charge in [0, 0.05) is 11.3 Å². The van der Waals surface area contributed by atoms with E-state index in [1.165, 1.54) is 11.8 Å². The molecule has 3 N–H and O–H groups in total. The monoisotopic (exact) mass is 253 g/mol. The molecule has 2 rings (SSSR count). The van der Waals surface area contributed by atoms with E-state index < -0.39 is 6.10 Å². The molecule has 3 atom stereocenters. The normalized spacial score (nSPS) is 28.0. The van der Waals surface area contributed by atoms with E-state index in [1.807, 2.05) is 6.07 Å². The van der Waals surface area contributed by atoms with Crippen molar-refractivity contribution in [2.45, 2.75) is 17.4 Å². The lowest BCUT2D eigenvalue weighted by molar-refractivity contribution is 0.0837. The van der Waals surface area contributed by atoms with Crippen LogP contribution in [0.25, 0.3) is 0 Å². The Bertz CT molecular complexity index is 385. The van der Waals surface area contributed by atoms with Crippen molar-refractivity contribution in [3.05, 3.63) is 35.9 Å². The molecular weight excluding hydrogens is 238 g/mol. The van der Waals surface area contributed by atoms with Crippen LogP contribution in [-0.2, 0) is 0 Å². The van der Waals surface area contributed by atoms with Crippen LogP contribution in [0.4, 0.5) is 0 Å². The first-order valence-corrected chi connectivity index (χ1v) is 6.53. The van der Waals surface area contributed by atoms with Crippen LogP contribution >= 0.6 is 11.8 Å². The maximum Gasteiger partial charge on any atom is 0.251 e. The third-order valence-electron chi connectivity index (χ3n) is 2.82. The lowest BCUT2D eigenvalue weighted by Crippen LogP contribution is -2.44. The van der Waals surface area contributed by atoms with Crippen molar-refractivity contribution in [1.82, 2.24) is 5.32 Å². The fourth-order valence-corrected chi connectivity index (χ4v) is 3.04. The van der Waals surface area contributed by atoms with Gasteiger partial charge in [-0.05, 0) is 12.1 Å². The Morgan fingerprint density at radius 2 is 2.12 bits per heavy atom. The molecule has 0 spiro atoms. The van der Waals surface area contributed by atoms with Gasteiger partial charge >= 0.3 is 0 Å². The molecule has 1 amide bonds. The summed E-state index contributed by atoms with van der Waals surface area (Å²) in [7, 11) is 0. The molecule has 1 aromatic rings. The van der Waals surface area contributed by atoms with E-state index in [4.69, 9.17) is 5.11 Å². The highest BCUT2D eigenvalue weighted by Crippen LogP contribution is 2.26. The number of aliphatic hydroxyl groups is 2. The number of aliphatic hydroxyl groups excluding tert-OH is 2. The highest BCUT2D eigenvalue weighted by Gasteiger charge is 2.35. The van der Waals surface area contributed by atoms with Gasteiger partial charge in [-0.15, -0.1) is 0 Å². The SMILES string of the molecule is O=C(N[C@@H]1CS[C@@H](CO)[C@@H]1O)c1ccccc1. The summed E-state index contributed by atoms with van der Waals surface area (Å²) in [5.41, 5.74) is 0.581. The first kappa shape index (κ1) is 12.4.